The molecule has 5 nitrogen and oxygen atoms in total. The Kier molecular flexibility index (Phi) is 7.18. The van der Waals surface area contributed by atoms with Gasteiger partial charge in [0.2, 0.25) is 0 Å². The van der Waals surface area contributed by atoms with E-state index in [0.717, 1.165) is 43.2 Å². The molecule has 1 aliphatic heterocycles. The number of rotatable bonds is 6. The normalized spacial score (nSPS) is 15.2. The number of halogens is 1. The van der Waals surface area contributed by atoms with Crippen LogP contribution in [0.4, 0.5) is 0 Å². The molecular weight excluding hydrogens is 376 g/mol. The van der Waals surface area contributed by atoms with E-state index in [0.29, 0.717) is 18.0 Å². The number of methoxy groups -OCH3 is 1. The fourth-order valence-corrected chi connectivity index (χ4v) is 3.48. The molecule has 1 saturated heterocycles. The number of aryl methyl sites for hydroxylation is 1. The lowest BCUT2D eigenvalue weighted by Gasteiger charge is -2.22. The third-order valence-electron chi connectivity index (χ3n) is 4.93. The van der Waals surface area contributed by atoms with Gasteiger partial charge in [-0.3, -0.25) is 9.69 Å². The van der Waals surface area contributed by atoms with Crippen molar-refractivity contribution in [3.05, 3.63) is 58.6 Å². The predicted molar refractivity (Wildman–Crippen MR) is 111 cm³/mol. The summed E-state index contributed by atoms with van der Waals surface area (Å²) in [6.45, 7) is 6.17. The van der Waals surface area contributed by atoms with Gasteiger partial charge in [-0.15, -0.1) is 0 Å². The zero-order valence-corrected chi connectivity index (χ0v) is 17.2. The number of carbonyl (C=O) groups is 1. The molecule has 0 saturated carbocycles. The first-order valence-electron chi connectivity index (χ1n) is 9.57. The Morgan fingerprint density at radius 3 is 2.57 bits per heavy atom. The van der Waals surface area contributed by atoms with Gasteiger partial charge in [-0.1, -0.05) is 29.8 Å². The quantitative estimate of drug-likeness (QED) is 0.737. The van der Waals surface area contributed by atoms with E-state index in [2.05, 4.69) is 17.0 Å². The number of hydrogen-bond acceptors (Lipinski definition) is 4. The molecule has 28 heavy (non-hydrogen) atoms. The number of hydrogen-bond donors (Lipinski definition) is 0. The van der Waals surface area contributed by atoms with Gasteiger partial charge in [0.15, 0.2) is 18.1 Å². The lowest BCUT2D eigenvalue weighted by Crippen LogP contribution is -2.38. The van der Waals surface area contributed by atoms with E-state index in [1.807, 2.05) is 42.2 Å². The minimum absolute atomic E-state index is 0.0102. The van der Waals surface area contributed by atoms with Crippen LogP contribution in [0.15, 0.2) is 42.5 Å². The summed E-state index contributed by atoms with van der Waals surface area (Å²) in [7, 11) is 1.60. The molecule has 0 aromatic heterocycles. The van der Waals surface area contributed by atoms with Crippen molar-refractivity contribution in [3.63, 3.8) is 0 Å². The number of nitrogens with zero attached hydrogens (tertiary/aromatic N) is 2. The Morgan fingerprint density at radius 2 is 1.82 bits per heavy atom. The second-order valence-corrected chi connectivity index (χ2v) is 7.52. The first-order chi connectivity index (χ1) is 13.5. The van der Waals surface area contributed by atoms with Gasteiger partial charge < -0.3 is 14.4 Å². The van der Waals surface area contributed by atoms with Gasteiger partial charge in [-0.25, -0.2) is 0 Å². The van der Waals surface area contributed by atoms with Crippen molar-refractivity contribution in [1.82, 2.24) is 9.80 Å². The van der Waals surface area contributed by atoms with Gasteiger partial charge in [0, 0.05) is 37.7 Å². The zero-order valence-electron chi connectivity index (χ0n) is 16.5. The maximum Gasteiger partial charge on any atom is 0.260 e. The summed E-state index contributed by atoms with van der Waals surface area (Å²) >= 11 is 5.96. The van der Waals surface area contributed by atoms with Crippen molar-refractivity contribution in [2.75, 3.05) is 39.9 Å². The van der Waals surface area contributed by atoms with Crippen molar-refractivity contribution >= 4 is 17.5 Å². The van der Waals surface area contributed by atoms with Crippen molar-refractivity contribution < 1.29 is 14.3 Å². The topological polar surface area (TPSA) is 42.0 Å². The van der Waals surface area contributed by atoms with Crippen LogP contribution in [0.5, 0.6) is 11.5 Å². The van der Waals surface area contributed by atoms with Crippen molar-refractivity contribution in [2.45, 2.75) is 19.9 Å². The van der Waals surface area contributed by atoms with E-state index >= 15 is 0 Å². The van der Waals surface area contributed by atoms with Gasteiger partial charge in [0.05, 0.1) is 7.11 Å². The number of benzene rings is 2. The first kappa shape index (κ1) is 20.5. The summed E-state index contributed by atoms with van der Waals surface area (Å²) in [6, 6.07) is 13.6. The lowest BCUT2D eigenvalue weighted by atomic mass is 10.2. The SMILES string of the molecule is COc1cc(C)ccc1OCC(=O)N1CCCN(Cc2ccc(Cl)cc2)CC1. The average molecular weight is 403 g/mol. The van der Waals surface area contributed by atoms with E-state index in [4.69, 9.17) is 21.1 Å². The van der Waals surface area contributed by atoms with Crippen molar-refractivity contribution in [1.29, 1.82) is 0 Å². The Labute approximate surface area is 171 Å². The van der Waals surface area contributed by atoms with E-state index in [1.165, 1.54) is 5.56 Å². The van der Waals surface area contributed by atoms with Crippen LogP contribution in [0.3, 0.4) is 0 Å². The van der Waals surface area contributed by atoms with E-state index in [-0.39, 0.29) is 12.5 Å². The summed E-state index contributed by atoms with van der Waals surface area (Å²) in [5, 5.41) is 0.751. The van der Waals surface area contributed by atoms with Gasteiger partial charge in [-0.2, -0.15) is 0 Å². The Balaban J connectivity index is 1.50. The highest BCUT2D eigenvalue weighted by molar-refractivity contribution is 6.30. The highest BCUT2D eigenvalue weighted by Crippen LogP contribution is 2.27. The third-order valence-corrected chi connectivity index (χ3v) is 5.18. The number of amides is 1. The maximum absolute atomic E-state index is 12.6. The predicted octanol–water partition coefficient (Wildman–Crippen LogP) is 3.77. The van der Waals surface area contributed by atoms with Crippen LogP contribution in [0.1, 0.15) is 17.5 Å². The standard InChI is InChI=1S/C22H27ClN2O3/c1-17-4-9-20(21(14-17)27-2)28-16-22(26)25-11-3-10-24(12-13-25)15-18-5-7-19(23)8-6-18/h4-9,14H,3,10-13,15-16H2,1-2H3. The summed E-state index contributed by atoms with van der Waals surface area (Å²) in [5.74, 6) is 1.26. The summed E-state index contributed by atoms with van der Waals surface area (Å²) in [4.78, 5) is 16.9. The molecule has 1 amide bonds. The Hall–Kier alpha value is -2.24. The van der Waals surface area contributed by atoms with Gasteiger partial charge in [0.1, 0.15) is 0 Å². The second-order valence-electron chi connectivity index (χ2n) is 7.08. The fraction of sp³-hybridized carbons (Fsp3) is 0.409. The molecule has 0 N–H and O–H groups in total. The average Bonchev–Trinajstić information content (AvgIpc) is 2.94. The van der Waals surface area contributed by atoms with E-state index in [9.17, 15) is 4.79 Å². The molecule has 2 aromatic carbocycles. The molecule has 0 atom stereocenters. The minimum atomic E-state index is 0.0102. The fourth-order valence-electron chi connectivity index (χ4n) is 3.35. The van der Waals surface area contributed by atoms with Crippen LogP contribution >= 0.6 is 11.6 Å². The van der Waals surface area contributed by atoms with Crippen LogP contribution < -0.4 is 9.47 Å². The van der Waals surface area contributed by atoms with Crippen LogP contribution in [0.25, 0.3) is 0 Å². The molecule has 0 aliphatic carbocycles. The van der Waals surface area contributed by atoms with Crippen LogP contribution in [0.2, 0.25) is 5.02 Å². The van der Waals surface area contributed by atoms with Crippen LogP contribution in [0, 0.1) is 6.92 Å². The Morgan fingerprint density at radius 1 is 1.04 bits per heavy atom. The molecule has 6 heteroatoms. The molecule has 2 aromatic rings. The first-order valence-corrected chi connectivity index (χ1v) is 9.95. The van der Waals surface area contributed by atoms with Crippen molar-refractivity contribution in [2.24, 2.45) is 0 Å². The van der Waals surface area contributed by atoms with Gasteiger partial charge in [0.25, 0.3) is 5.91 Å². The maximum atomic E-state index is 12.6. The lowest BCUT2D eigenvalue weighted by molar-refractivity contribution is -0.133. The molecule has 1 fully saturated rings. The molecule has 150 valence electrons. The van der Waals surface area contributed by atoms with Gasteiger partial charge in [-0.05, 0) is 48.7 Å². The zero-order chi connectivity index (χ0) is 19.9. The number of ether oxygens (including phenoxy) is 2. The molecule has 3 rings (SSSR count). The molecule has 0 unspecified atom stereocenters. The van der Waals surface area contributed by atoms with E-state index in [1.54, 1.807) is 7.11 Å². The highest BCUT2D eigenvalue weighted by atomic mass is 35.5. The van der Waals surface area contributed by atoms with E-state index < -0.39 is 0 Å². The molecular formula is C22H27ClN2O3. The summed E-state index contributed by atoms with van der Waals surface area (Å²) in [5.41, 5.74) is 2.32. The van der Waals surface area contributed by atoms with Crippen molar-refractivity contribution in [3.8, 4) is 11.5 Å². The second kappa shape index (κ2) is 9.80. The van der Waals surface area contributed by atoms with Crippen LogP contribution in [-0.2, 0) is 11.3 Å². The van der Waals surface area contributed by atoms with Crippen LogP contribution in [-0.4, -0.2) is 55.6 Å². The largest absolute Gasteiger partial charge is 0.493 e. The molecule has 0 bridgehead atoms. The molecule has 1 aliphatic rings. The monoisotopic (exact) mass is 402 g/mol. The summed E-state index contributed by atoms with van der Waals surface area (Å²) in [6.07, 6.45) is 0.952. The Bertz CT molecular complexity index is 795. The smallest absolute Gasteiger partial charge is 0.260 e. The molecule has 1 heterocycles. The molecule has 0 radical (unpaired) electrons. The van der Waals surface area contributed by atoms with Gasteiger partial charge >= 0.3 is 0 Å². The summed E-state index contributed by atoms with van der Waals surface area (Å²) < 4.78 is 11.1. The highest BCUT2D eigenvalue weighted by Gasteiger charge is 2.20. The minimum Gasteiger partial charge on any atom is -0.493 e. The third kappa shape index (κ3) is 5.63. The number of carbonyl (C=O) groups excluding carboxylic acids is 1. The molecule has 0 spiro atoms.